The van der Waals surface area contributed by atoms with E-state index in [4.69, 9.17) is 0 Å². The Bertz CT molecular complexity index is 523. The number of hydrogen-bond acceptors (Lipinski definition) is 2. The molecule has 1 heterocycles. The topological polar surface area (TPSA) is 48.0 Å². The first-order valence-electron chi connectivity index (χ1n) is 6.46. The van der Waals surface area contributed by atoms with Crippen molar-refractivity contribution < 1.29 is 5.11 Å². The highest BCUT2D eigenvalue weighted by atomic mass is 16.3. The second-order valence-electron chi connectivity index (χ2n) is 6.00. The van der Waals surface area contributed by atoms with Crippen molar-refractivity contribution in [1.29, 1.82) is 0 Å². The number of phenols is 1. The van der Waals surface area contributed by atoms with Crippen molar-refractivity contribution in [3.63, 3.8) is 0 Å². The van der Waals surface area contributed by atoms with E-state index < -0.39 is 0 Å². The van der Waals surface area contributed by atoms with Crippen molar-refractivity contribution in [2.75, 3.05) is 13.1 Å². The van der Waals surface area contributed by atoms with Crippen LogP contribution in [0.3, 0.4) is 0 Å². The van der Waals surface area contributed by atoms with Gasteiger partial charge in [-0.3, -0.25) is 0 Å². The highest BCUT2D eigenvalue weighted by Gasteiger charge is 2.10. The molecule has 0 unspecified atom stereocenters. The van der Waals surface area contributed by atoms with Crippen LogP contribution in [0.5, 0.6) is 5.75 Å². The minimum Gasteiger partial charge on any atom is -0.507 e. The Morgan fingerprint density at radius 2 is 2.06 bits per heavy atom. The molecule has 1 aromatic carbocycles. The minimum atomic E-state index is 0.308. The molecule has 2 aromatic rings. The van der Waals surface area contributed by atoms with Crippen LogP contribution in [-0.2, 0) is 6.42 Å². The van der Waals surface area contributed by atoms with E-state index in [9.17, 15) is 5.11 Å². The molecule has 1 aromatic heterocycles. The van der Waals surface area contributed by atoms with E-state index in [1.165, 1.54) is 5.56 Å². The van der Waals surface area contributed by atoms with Gasteiger partial charge in [-0.1, -0.05) is 26.8 Å². The summed E-state index contributed by atoms with van der Waals surface area (Å²) in [6.45, 7) is 8.59. The lowest BCUT2D eigenvalue weighted by molar-refractivity contribution is 0.382. The van der Waals surface area contributed by atoms with Gasteiger partial charge in [-0.2, -0.15) is 0 Å². The second-order valence-corrected chi connectivity index (χ2v) is 6.00. The van der Waals surface area contributed by atoms with Gasteiger partial charge in [0.1, 0.15) is 5.75 Å². The Hall–Kier alpha value is -1.48. The van der Waals surface area contributed by atoms with Crippen LogP contribution in [0.15, 0.2) is 24.4 Å². The summed E-state index contributed by atoms with van der Waals surface area (Å²) in [6.07, 6.45) is 2.91. The molecule has 0 aliphatic carbocycles. The number of hydrogen-bond donors (Lipinski definition) is 3. The summed E-state index contributed by atoms with van der Waals surface area (Å²) in [4.78, 5) is 3.20. The quantitative estimate of drug-likeness (QED) is 0.726. The first-order chi connectivity index (χ1) is 8.47. The van der Waals surface area contributed by atoms with Gasteiger partial charge < -0.3 is 15.4 Å². The van der Waals surface area contributed by atoms with E-state index in [1.54, 1.807) is 6.07 Å². The Kier molecular flexibility index (Phi) is 3.62. The van der Waals surface area contributed by atoms with Crippen LogP contribution in [-0.4, -0.2) is 23.2 Å². The van der Waals surface area contributed by atoms with Crippen molar-refractivity contribution in [2.45, 2.75) is 27.2 Å². The molecule has 3 N–H and O–H groups in total. The van der Waals surface area contributed by atoms with E-state index in [0.29, 0.717) is 11.2 Å². The zero-order valence-electron chi connectivity index (χ0n) is 11.4. The standard InChI is InChI=1S/C15H22N2O/c1-15(2,3)10-16-8-7-11-9-17-12-5-4-6-13(18)14(11)12/h4-6,9,16-18H,7-8,10H2,1-3H3. The zero-order chi connectivity index (χ0) is 13.2. The summed E-state index contributed by atoms with van der Waals surface area (Å²) in [5.74, 6) is 0.361. The number of aromatic nitrogens is 1. The van der Waals surface area contributed by atoms with Gasteiger partial charge in [0, 0.05) is 23.6 Å². The normalized spacial score (nSPS) is 12.2. The number of fused-ring (bicyclic) bond motifs is 1. The molecule has 3 heteroatoms. The van der Waals surface area contributed by atoms with Gasteiger partial charge in [0.05, 0.1) is 0 Å². The van der Waals surface area contributed by atoms with E-state index in [2.05, 4.69) is 31.1 Å². The molecule has 0 saturated carbocycles. The zero-order valence-corrected chi connectivity index (χ0v) is 11.4. The third kappa shape index (κ3) is 3.05. The molecule has 0 amide bonds. The molecule has 98 valence electrons. The Balaban J connectivity index is 2.00. The molecule has 2 rings (SSSR count). The maximum Gasteiger partial charge on any atom is 0.125 e. The maximum absolute atomic E-state index is 9.89. The van der Waals surface area contributed by atoms with Crippen LogP contribution in [0.4, 0.5) is 0 Å². The van der Waals surface area contributed by atoms with E-state index in [0.717, 1.165) is 30.4 Å². The highest BCUT2D eigenvalue weighted by molar-refractivity contribution is 5.88. The highest BCUT2D eigenvalue weighted by Crippen LogP contribution is 2.27. The predicted octanol–water partition coefficient (Wildman–Crippen LogP) is 3.05. The average molecular weight is 246 g/mol. The molecule has 0 radical (unpaired) electrons. The maximum atomic E-state index is 9.89. The molecule has 0 spiro atoms. The van der Waals surface area contributed by atoms with Gasteiger partial charge in [-0.25, -0.2) is 0 Å². The minimum absolute atomic E-state index is 0.308. The fourth-order valence-electron chi connectivity index (χ4n) is 2.12. The molecule has 0 saturated heterocycles. The van der Waals surface area contributed by atoms with Crippen LogP contribution in [0.1, 0.15) is 26.3 Å². The Morgan fingerprint density at radius 1 is 1.28 bits per heavy atom. The number of aromatic hydroxyl groups is 1. The molecule has 0 atom stereocenters. The van der Waals surface area contributed by atoms with Crippen LogP contribution in [0.25, 0.3) is 10.9 Å². The lowest BCUT2D eigenvalue weighted by Crippen LogP contribution is -2.28. The predicted molar refractivity (Wildman–Crippen MR) is 76.0 cm³/mol. The third-order valence-corrected chi connectivity index (χ3v) is 2.99. The van der Waals surface area contributed by atoms with Crippen LogP contribution in [0.2, 0.25) is 0 Å². The molecular formula is C15H22N2O. The fraction of sp³-hybridized carbons (Fsp3) is 0.467. The van der Waals surface area contributed by atoms with Gasteiger partial charge >= 0.3 is 0 Å². The SMILES string of the molecule is CC(C)(C)CNCCc1c[nH]c2cccc(O)c12. The van der Waals surface area contributed by atoms with Crippen LogP contribution < -0.4 is 5.32 Å². The fourth-order valence-corrected chi connectivity index (χ4v) is 2.12. The Morgan fingerprint density at radius 3 is 2.78 bits per heavy atom. The lowest BCUT2D eigenvalue weighted by atomic mass is 9.97. The first kappa shape index (κ1) is 13.0. The molecule has 0 fully saturated rings. The van der Waals surface area contributed by atoms with Gasteiger partial charge in [0.2, 0.25) is 0 Å². The number of phenolic OH excluding ortho intramolecular Hbond substituents is 1. The van der Waals surface area contributed by atoms with Gasteiger partial charge in [-0.15, -0.1) is 0 Å². The number of H-pyrrole nitrogens is 1. The second kappa shape index (κ2) is 5.02. The van der Waals surface area contributed by atoms with Crippen molar-refractivity contribution in [2.24, 2.45) is 5.41 Å². The summed E-state index contributed by atoms with van der Waals surface area (Å²) in [6, 6.07) is 5.58. The molecule has 3 nitrogen and oxygen atoms in total. The largest absolute Gasteiger partial charge is 0.507 e. The van der Waals surface area contributed by atoms with E-state index >= 15 is 0 Å². The summed E-state index contributed by atoms with van der Waals surface area (Å²) < 4.78 is 0. The van der Waals surface area contributed by atoms with Gasteiger partial charge in [0.15, 0.2) is 0 Å². The van der Waals surface area contributed by atoms with Gasteiger partial charge in [-0.05, 0) is 36.1 Å². The van der Waals surface area contributed by atoms with Crippen molar-refractivity contribution in [3.05, 3.63) is 30.0 Å². The smallest absolute Gasteiger partial charge is 0.125 e. The molecule has 18 heavy (non-hydrogen) atoms. The lowest BCUT2D eigenvalue weighted by Gasteiger charge is -2.18. The van der Waals surface area contributed by atoms with E-state index in [-0.39, 0.29) is 0 Å². The van der Waals surface area contributed by atoms with E-state index in [1.807, 2.05) is 18.3 Å². The molecule has 0 bridgehead atoms. The monoisotopic (exact) mass is 246 g/mol. The molecular weight excluding hydrogens is 224 g/mol. The number of benzene rings is 1. The summed E-state index contributed by atoms with van der Waals surface area (Å²) in [5, 5.41) is 14.3. The van der Waals surface area contributed by atoms with Crippen LogP contribution >= 0.6 is 0 Å². The molecule has 0 aliphatic rings. The number of nitrogens with one attached hydrogen (secondary N) is 2. The third-order valence-electron chi connectivity index (χ3n) is 2.99. The Labute approximate surface area is 108 Å². The number of rotatable bonds is 4. The summed E-state index contributed by atoms with van der Waals surface area (Å²) in [7, 11) is 0. The van der Waals surface area contributed by atoms with Crippen molar-refractivity contribution in [1.82, 2.24) is 10.3 Å². The molecule has 0 aliphatic heterocycles. The van der Waals surface area contributed by atoms with Crippen molar-refractivity contribution in [3.8, 4) is 5.75 Å². The summed E-state index contributed by atoms with van der Waals surface area (Å²) >= 11 is 0. The van der Waals surface area contributed by atoms with Gasteiger partial charge in [0.25, 0.3) is 0 Å². The summed E-state index contributed by atoms with van der Waals surface area (Å²) in [5.41, 5.74) is 2.48. The average Bonchev–Trinajstić information content (AvgIpc) is 2.68. The first-order valence-corrected chi connectivity index (χ1v) is 6.46. The van der Waals surface area contributed by atoms with Crippen molar-refractivity contribution >= 4 is 10.9 Å². The van der Waals surface area contributed by atoms with Crippen LogP contribution in [0, 0.1) is 5.41 Å². The number of aromatic amines is 1.